The minimum Gasteiger partial charge on any atom is -0.340 e. The van der Waals surface area contributed by atoms with E-state index in [4.69, 9.17) is 0 Å². The Bertz CT molecular complexity index is 1530. The molecule has 5 amide bonds. The Labute approximate surface area is 271 Å². The van der Waals surface area contributed by atoms with E-state index >= 15 is 0 Å². The number of rotatable bonds is 11. The molecule has 1 heterocycles. The fourth-order valence-corrected chi connectivity index (χ4v) is 7.92. The number of benzene rings is 1. The number of carbonyl (C=O) groups is 5. The van der Waals surface area contributed by atoms with Gasteiger partial charge in [0.25, 0.3) is 15.9 Å². The van der Waals surface area contributed by atoms with Crippen LogP contribution in [-0.4, -0.2) is 73.1 Å². The summed E-state index contributed by atoms with van der Waals surface area (Å²) in [6.45, 7) is 13.6. The molecule has 1 aromatic carbocycles. The van der Waals surface area contributed by atoms with E-state index in [1.807, 2.05) is 48.5 Å². The second-order valence-corrected chi connectivity index (χ2v) is 17.2. The zero-order valence-corrected chi connectivity index (χ0v) is 28.5. The van der Waals surface area contributed by atoms with E-state index in [9.17, 15) is 32.4 Å². The predicted molar refractivity (Wildman–Crippen MR) is 169 cm³/mol. The smallest absolute Gasteiger partial charge is 0.316 e. The fraction of sp³-hybridized carbons (Fsp3) is 0.667. The molecule has 5 rings (SSSR count). The van der Waals surface area contributed by atoms with Gasteiger partial charge in [-0.25, -0.2) is 17.9 Å². The average molecular weight is 658 g/mol. The normalized spacial score (nSPS) is 25.5. The third kappa shape index (κ3) is 6.52. The highest BCUT2D eigenvalue weighted by molar-refractivity contribution is 7.90. The highest BCUT2D eigenvalue weighted by atomic mass is 32.2. The number of ketones is 1. The summed E-state index contributed by atoms with van der Waals surface area (Å²) in [4.78, 5) is 68.9. The van der Waals surface area contributed by atoms with E-state index in [0.29, 0.717) is 6.54 Å². The van der Waals surface area contributed by atoms with Crippen LogP contribution in [0, 0.1) is 34.5 Å². The molecule has 13 heteroatoms. The molecule has 4 fully saturated rings. The van der Waals surface area contributed by atoms with Crippen molar-refractivity contribution in [2.24, 2.45) is 34.5 Å². The second-order valence-electron chi connectivity index (χ2n) is 15.5. The zero-order valence-electron chi connectivity index (χ0n) is 27.7. The molecule has 0 radical (unpaired) electrons. The Morgan fingerprint density at radius 2 is 1.57 bits per heavy atom. The van der Waals surface area contributed by atoms with Gasteiger partial charge in [-0.3, -0.25) is 19.2 Å². The first-order valence-electron chi connectivity index (χ1n) is 16.2. The third-order valence-corrected chi connectivity index (χ3v) is 11.6. The van der Waals surface area contributed by atoms with Crippen LogP contribution in [0.4, 0.5) is 4.79 Å². The maximum absolute atomic E-state index is 14.2. The minimum atomic E-state index is -4.15. The van der Waals surface area contributed by atoms with Gasteiger partial charge in [0.1, 0.15) is 17.6 Å². The lowest BCUT2D eigenvalue weighted by Crippen LogP contribution is -2.62. The first-order chi connectivity index (χ1) is 21.3. The van der Waals surface area contributed by atoms with E-state index in [1.165, 1.54) is 17.0 Å². The van der Waals surface area contributed by atoms with E-state index in [1.54, 1.807) is 18.2 Å². The van der Waals surface area contributed by atoms with Gasteiger partial charge in [0.2, 0.25) is 11.8 Å². The number of hydrogen-bond acceptors (Lipinski definition) is 7. The molecule has 3 aliphatic carbocycles. The Balaban J connectivity index is 1.31. The van der Waals surface area contributed by atoms with Crippen molar-refractivity contribution >= 4 is 39.6 Å². The predicted octanol–water partition coefficient (Wildman–Crippen LogP) is 2.34. The van der Waals surface area contributed by atoms with Crippen molar-refractivity contribution in [1.82, 2.24) is 25.6 Å². The van der Waals surface area contributed by atoms with Gasteiger partial charge < -0.3 is 20.9 Å². The summed E-state index contributed by atoms with van der Waals surface area (Å²) in [5, 5.41) is 8.40. The largest absolute Gasteiger partial charge is 0.340 e. The van der Waals surface area contributed by atoms with Gasteiger partial charge in [0.15, 0.2) is 5.78 Å². The molecule has 1 saturated heterocycles. The standard InChI is InChI=1S/C33H47N5O7S/c1-18(2)23(25(39)19-13-14-19)34-30(43)35-26(31(3,4)5)28(41)38-17-21-22(32(21,6)7)24(38)27(40)36-33(15-16-33)29(42)37-46(44,45)20-11-9-8-10-12-20/h8-12,18-19,21-24,26H,13-17H2,1-7H3,(H,36,40)(H,37,42)(H2,34,35,43)/t21?,22-,23-,24-,26+/m0/s1. The number of nitrogens with zero attached hydrogens (tertiary/aromatic N) is 1. The van der Waals surface area contributed by atoms with E-state index in [2.05, 4.69) is 20.7 Å². The van der Waals surface area contributed by atoms with Crippen LogP contribution in [0.1, 0.15) is 74.1 Å². The van der Waals surface area contributed by atoms with Crippen molar-refractivity contribution in [3.8, 4) is 0 Å². The maximum Gasteiger partial charge on any atom is 0.316 e. The van der Waals surface area contributed by atoms with Gasteiger partial charge in [-0.05, 0) is 66.4 Å². The topological polar surface area (TPSA) is 171 Å². The van der Waals surface area contributed by atoms with Crippen molar-refractivity contribution in [2.45, 2.75) is 103 Å². The van der Waals surface area contributed by atoms with Crippen LogP contribution in [0.15, 0.2) is 35.2 Å². The molecule has 1 unspecified atom stereocenters. The molecule has 0 bridgehead atoms. The van der Waals surface area contributed by atoms with Crippen LogP contribution in [0.2, 0.25) is 0 Å². The van der Waals surface area contributed by atoms with Crippen LogP contribution in [-0.2, 0) is 29.2 Å². The summed E-state index contributed by atoms with van der Waals surface area (Å²) in [6.07, 6.45) is 2.15. The van der Waals surface area contributed by atoms with Crippen molar-refractivity contribution in [3.05, 3.63) is 30.3 Å². The SMILES string of the molecule is CC(C)[C@H](NC(=O)N[C@H](C(=O)N1CC2[C@@H]([C@H]1C(=O)NC1(C(=O)NS(=O)(=O)c3ccccc3)CC1)C2(C)C)C(C)(C)C)C(=O)C1CC1. The summed E-state index contributed by atoms with van der Waals surface area (Å²) in [6, 6.07) is 4.29. The fourth-order valence-electron chi connectivity index (χ4n) is 6.85. The molecule has 252 valence electrons. The number of Topliss-reactive ketones (excluding diaryl/α,β-unsaturated/α-hetero) is 1. The molecule has 5 atom stereocenters. The average Bonchev–Trinajstić information content (AvgIpc) is 3.92. The van der Waals surface area contributed by atoms with Crippen LogP contribution >= 0.6 is 0 Å². The number of urea groups is 1. The lowest BCUT2D eigenvalue weighted by atomic mass is 9.85. The molecular weight excluding hydrogens is 610 g/mol. The molecule has 0 aromatic heterocycles. The van der Waals surface area contributed by atoms with Gasteiger partial charge in [-0.1, -0.05) is 66.7 Å². The van der Waals surface area contributed by atoms with Gasteiger partial charge in [-0.2, -0.15) is 0 Å². The van der Waals surface area contributed by atoms with Crippen LogP contribution in [0.5, 0.6) is 0 Å². The van der Waals surface area contributed by atoms with Gasteiger partial charge in [0.05, 0.1) is 10.9 Å². The van der Waals surface area contributed by atoms with Gasteiger partial charge in [0, 0.05) is 12.5 Å². The lowest BCUT2D eigenvalue weighted by molar-refractivity contribution is -0.144. The van der Waals surface area contributed by atoms with E-state index < -0.39 is 62.9 Å². The molecule has 1 aromatic rings. The van der Waals surface area contributed by atoms with Crippen molar-refractivity contribution in [1.29, 1.82) is 0 Å². The number of nitrogens with one attached hydrogen (secondary N) is 4. The molecule has 3 saturated carbocycles. The van der Waals surface area contributed by atoms with Crippen molar-refractivity contribution in [3.63, 3.8) is 0 Å². The summed E-state index contributed by atoms with van der Waals surface area (Å²) in [5.41, 5.74) is -2.36. The van der Waals surface area contributed by atoms with Crippen molar-refractivity contribution < 1.29 is 32.4 Å². The van der Waals surface area contributed by atoms with Gasteiger partial charge in [-0.15, -0.1) is 0 Å². The number of likely N-dealkylation sites (tertiary alicyclic amines) is 1. The number of amides is 5. The molecule has 4 N–H and O–H groups in total. The lowest BCUT2D eigenvalue weighted by Gasteiger charge is -2.38. The summed E-state index contributed by atoms with van der Waals surface area (Å²) < 4.78 is 27.8. The quantitative estimate of drug-likeness (QED) is 0.283. The molecule has 4 aliphatic rings. The number of sulfonamides is 1. The highest BCUT2D eigenvalue weighted by Crippen LogP contribution is 2.65. The summed E-state index contributed by atoms with van der Waals surface area (Å²) in [5.74, 6) is -2.06. The highest BCUT2D eigenvalue weighted by Gasteiger charge is 2.70. The van der Waals surface area contributed by atoms with Crippen LogP contribution in [0.25, 0.3) is 0 Å². The Morgan fingerprint density at radius 3 is 2.09 bits per heavy atom. The first kappa shape index (κ1) is 33.9. The Hall–Kier alpha value is -3.48. The number of piperidine rings is 1. The van der Waals surface area contributed by atoms with Crippen LogP contribution < -0.4 is 20.7 Å². The molecule has 46 heavy (non-hydrogen) atoms. The molecule has 0 spiro atoms. The van der Waals surface area contributed by atoms with Gasteiger partial charge >= 0.3 is 6.03 Å². The third-order valence-electron chi connectivity index (χ3n) is 10.2. The monoisotopic (exact) mass is 657 g/mol. The summed E-state index contributed by atoms with van der Waals surface area (Å²) in [7, 11) is -4.15. The first-order valence-corrected chi connectivity index (χ1v) is 17.6. The number of carbonyl (C=O) groups excluding carboxylic acids is 5. The zero-order chi connectivity index (χ0) is 34.0. The second kappa shape index (κ2) is 11.6. The Morgan fingerprint density at radius 1 is 0.957 bits per heavy atom. The number of fused-ring (bicyclic) bond motifs is 1. The van der Waals surface area contributed by atoms with E-state index in [-0.39, 0.29) is 52.6 Å². The van der Waals surface area contributed by atoms with Crippen LogP contribution in [0.3, 0.4) is 0 Å². The number of hydrogen-bond donors (Lipinski definition) is 4. The molecular formula is C33H47N5O7S. The maximum atomic E-state index is 14.2. The Kier molecular flexibility index (Phi) is 8.57. The minimum absolute atomic E-state index is 0.00278. The van der Waals surface area contributed by atoms with Crippen molar-refractivity contribution in [2.75, 3.05) is 6.54 Å². The molecule has 12 nitrogen and oxygen atoms in total. The molecule has 1 aliphatic heterocycles. The summed E-state index contributed by atoms with van der Waals surface area (Å²) >= 11 is 0. The van der Waals surface area contributed by atoms with E-state index in [0.717, 1.165) is 12.8 Å².